The van der Waals surface area contributed by atoms with E-state index in [-0.39, 0.29) is 18.9 Å². The van der Waals surface area contributed by atoms with E-state index < -0.39 is 83.5 Å². The fourth-order valence-electron chi connectivity index (χ4n) is 6.25. The second kappa shape index (κ2) is 35.6. The predicted octanol–water partition coefficient (Wildman–Crippen LogP) is 7.03. The van der Waals surface area contributed by atoms with E-state index in [1.165, 1.54) is 0 Å². The number of carbonyl (C=O) groups is 2. The van der Waals surface area contributed by atoms with Crippen molar-refractivity contribution in [3.63, 3.8) is 0 Å². The maximum atomic E-state index is 13.0. The molecule has 0 heterocycles. The molecule has 1 aliphatic carbocycles. The Morgan fingerprint density at radius 3 is 1.58 bits per heavy atom. The zero-order valence-electron chi connectivity index (χ0n) is 37.5. The number of phosphoric ester groups is 2. The Kier molecular flexibility index (Phi) is 33.0. The van der Waals surface area contributed by atoms with Gasteiger partial charge in [0.05, 0.1) is 12.7 Å². The molecule has 8 N–H and O–H groups in total. The third-order valence-electron chi connectivity index (χ3n) is 9.75. The molecule has 0 aliphatic heterocycles. The summed E-state index contributed by atoms with van der Waals surface area (Å²) in [4.78, 5) is 54.1. The molecule has 0 bridgehead atoms. The first-order valence-electron chi connectivity index (χ1n) is 22.5. The van der Waals surface area contributed by atoms with Gasteiger partial charge in [-0.3, -0.25) is 23.2 Å². The van der Waals surface area contributed by atoms with Gasteiger partial charge < -0.3 is 49.7 Å². The van der Waals surface area contributed by atoms with E-state index in [0.717, 1.165) is 83.5 Å². The Morgan fingerprint density at radius 2 is 1.03 bits per heavy atom. The third-order valence-corrected chi connectivity index (χ3v) is 11.3. The smallest absolute Gasteiger partial charge is 0.462 e. The molecule has 0 amide bonds. The molecule has 1 saturated carbocycles. The SMILES string of the molecule is CCC/C=C\C/C=C\CCCCCCCC(=O)OC[C@H](COP(=O)(O)O[C@H]1C(O)C(O)C(O)[C@@H](OP(=O)(O)O)C1O)OC(=O)CCC/C=C\C/C=C\C/C=C\C/C=C\CCC[C@H](C)O. The van der Waals surface area contributed by atoms with E-state index in [4.69, 9.17) is 28.3 Å². The van der Waals surface area contributed by atoms with Crippen LogP contribution in [0.1, 0.15) is 136 Å². The standard InChI is InChI=1S/C45H76O17P2/c1-3-4-5-6-7-8-9-13-17-20-23-26-29-32-38(47)58-34-37(35-59-64(56,57)62-45-42(51)40(49)41(50)44(43(45)52)61-63(53,54)55)60-39(48)33-30-27-24-21-18-15-12-10-11-14-16-19-22-25-28-31-36(2)46/h5-6,8-9,11-12,14-15,19,21-22,24,36-37,40-46,49-52H,3-4,7,10,13,16-18,20,23,25-35H2,1-2H3,(H,56,57)(H2,53,54,55)/b6-5-,9-8-,14-11-,15-12-,22-19-,24-21-/t36-,37+,40?,41?,42?,43?,44+,45-/m0/s1. The van der Waals surface area contributed by atoms with Crippen LogP contribution in [0.15, 0.2) is 72.9 Å². The van der Waals surface area contributed by atoms with Crippen LogP contribution >= 0.6 is 15.6 Å². The van der Waals surface area contributed by atoms with Crippen LogP contribution in [0.2, 0.25) is 0 Å². The molecule has 0 aromatic carbocycles. The van der Waals surface area contributed by atoms with Gasteiger partial charge in [0.1, 0.15) is 43.2 Å². The molecule has 0 spiro atoms. The average Bonchev–Trinajstić information content (AvgIpc) is 3.23. The van der Waals surface area contributed by atoms with Crippen molar-refractivity contribution in [1.29, 1.82) is 0 Å². The van der Waals surface area contributed by atoms with Gasteiger partial charge >= 0.3 is 27.6 Å². The summed E-state index contributed by atoms with van der Waals surface area (Å²) in [5.41, 5.74) is 0. The second-order valence-corrected chi connectivity index (χ2v) is 18.3. The van der Waals surface area contributed by atoms with E-state index in [9.17, 15) is 49.1 Å². The molecular formula is C45H76O17P2. The molecule has 17 nitrogen and oxygen atoms in total. The summed E-state index contributed by atoms with van der Waals surface area (Å²) in [6.45, 7) is 2.51. The van der Waals surface area contributed by atoms with E-state index in [1.807, 2.05) is 18.2 Å². The first-order valence-corrected chi connectivity index (χ1v) is 25.5. The molecule has 1 fully saturated rings. The Hall–Kier alpha value is -2.60. The van der Waals surface area contributed by atoms with Crippen LogP contribution in [0.4, 0.5) is 0 Å². The highest BCUT2D eigenvalue weighted by Gasteiger charge is 2.54. The molecule has 0 aromatic heterocycles. The zero-order chi connectivity index (χ0) is 47.6. The lowest BCUT2D eigenvalue weighted by Gasteiger charge is -2.43. The Bertz CT molecular complexity index is 1540. The average molecular weight is 951 g/mol. The molecular weight excluding hydrogens is 874 g/mol. The monoisotopic (exact) mass is 950 g/mol. The van der Waals surface area contributed by atoms with Crippen LogP contribution in [-0.4, -0.2) is 114 Å². The normalized spacial score (nSPS) is 23.0. The fourth-order valence-corrected chi connectivity index (χ4v) is 7.79. The van der Waals surface area contributed by atoms with Gasteiger partial charge in [-0.25, -0.2) is 9.13 Å². The number of hydrogen-bond donors (Lipinski definition) is 8. The number of hydrogen-bond acceptors (Lipinski definition) is 14. The molecule has 368 valence electrons. The highest BCUT2D eigenvalue weighted by Crippen LogP contribution is 2.49. The summed E-state index contributed by atoms with van der Waals surface area (Å²) in [5, 5.41) is 50.5. The predicted molar refractivity (Wildman–Crippen MR) is 242 cm³/mol. The molecule has 1 rings (SSSR count). The lowest BCUT2D eigenvalue weighted by Crippen LogP contribution is -2.64. The molecule has 19 heteroatoms. The zero-order valence-corrected chi connectivity index (χ0v) is 39.3. The van der Waals surface area contributed by atoms with Crippen LogP contribution in [0.3, 0.4) is 0 Å². The van der Waals surface area contributed by atoms with Crippen LogP contribution in [0.5, 0.6) is 0 Å². The lowest BCUT2D eigenvalue weighted by atomic mass is 9.85. The number of phosphoric acid groups is 2. The van der Waals surface area contributed by atoms with Crippen molar-refractivity contribution in [2.24, 2.45) is 0 Å². The molecule has 0 saturated heterocycles. The molecule has 5 unspecified atom stereocenters. The van der Waals surface area contributed by atoms with Gasteiger partial charge in [-0.15, -0.1) is 0 Å². The number of ether oxygens (including phenoxy) is 2. The van der Waals surface area contributed by atoms with Gasteiger partial charge in [-0.2, -0.15) is 0 Å². The van der Waals surface area contributed by atoms with Gasteiger partial charge in [0.15, 0.2) is 6.10 Å². The summed E-state index contributed by atoms with van der Waals surface area (Å²) in [7, 11) is -10.7. The quantitative estimate of drug-likeness (QED) is 0.0135. The van der Waals surface area contributed by atoms with Crippen LogP contribution in [0.25, 0.3) is 0 Å². The summed E-state index contributed by atoms with van der Waals surface area (Å²) < 4.78 is 49.2. The van der Waals surface area contributed by atoms with Crippen LogP contribution < -0.4 is 0 Å². The van der Waals surface area contributed by atoms with E-state index >= 15 is 0 Å². The first kappa shape index (κ1) is 59.4. The van der Waals surface area contributed by atoms with Gasteiger partial charge in [0.2, 0.25) is 0 Å². The summed E-state index contributed by atoms with van der Waals surface area (Å²) in [5.74, 6) is -1.31. The molecule has 0 radical (unpaired) electrons. The topological polar surface area (TPSA) is 276 Å². The van der Waals surface area contributed by atoms with Crippen molar-refractivity contribution in [1.82, 2.24) is 0 Å². The second-order valence-electron chi connectivity index (χ2n) is 15.7. The van der Waals surface area contributed by atoms with E-state index in [2.05, 4.69) is 66.1 Å². The summed E-state index contributed by atoms with van der Waals surface area (Å²) in [6, 6.07) is 0. The maximum Gasteiger partial charge on any atom is 0.472 e. The fraction of sp³-hybridized carbons (Fsp3) is 0.689. The van der Waals surface area contributed by atoms with Crippen LogP contribution in [-0.2, 0) is 41.8 Å². The van der Waals surface area contributed by atoms with Gasteiger partial charge in [-0.1, -0.05) is 106 Å². The molecule has 1 aliphatic rings. The third kappa shape index (κ3) is 30.6. The first-order chi connectivity index (χ1) is 30.5. The number of esters is 2. The number of unbranched alkanes of at least 4 members (excludes halogenated alkanes) is 8. The lowest BCUT2D eigenvalue weighted by molar-refractivity contribution is -0.216. The highest BCUT2D eigenvalue weighted by atomic mass is 31.2. The minimum atomic E-state index is -5.38. The van der Waals surface area contributed by atoms with Crippen LogP contribution in [0, 0.1) is 0 Å². The Labute approximate surface area is 379 Å². The number of carbonyl (C=O) groups excluding carboxylic acids is 2. The molecule has 0 aromatic rings. The summed E-state index contributed by atoms with van der Waals surface area (Å²) >= 11 is 0. The van der Waals surface area contributed by atoms with Crippen molar-refractivity contribution < 1.29 is 82.0 Å². The number of rotatable bonds is 36. The highest BCUT2D eigenvalue weighted by molar-refractivity contribution is 7.47. The number of allylic oxidation sites excluding steroid dienone is 12. The van der Waals surface area contributed by atoms with Crippen molar-refractivity contribution in [3.8, 4) is 0 Å². The molecule has 64 heavy (non-hydrogen) atoms. The minimum Gasteiger partial charge on any atom is -0.462 e. The van der Waals surface area contributed by atoms with E-state index in [1.54, 1.807) is 6.92 Å². The Morgan fingerprint density at radius 1 is 0.562 bits per heavy atom. The van der Waals surface area contributed by atoms with Gasteiger partial charge in [-0.05, 0) is 90.4 Å². The molecule has 9 atom stereocenters. The van der Waals surface area contributed by atoms with Gasteiger partial charge in [0, 0.05) is 12.8 Å². The maximum absolute atomic E-state index is 13.0. The van der Waals surface area contributed by atoms with Gasteiger partial charge in [0.25, 0.3) is 0 Å². The van der Waals surface area contributed by atoms with Crippen molar-refractivity contribution >= 4 is 27.6 Å². The number of aliphatic hydroxyl groups excluding tert-OH is 5. The summed E-state index contributed by atoms with van der Waals surface area (Å²) in [6.07, 6.45) is 24.3. The minimum absolute atomic E-state index is 0.0505. The van der Waals surface area contributed by atoms with Crippen molar-refractivity contribution in [3.05, 3.63) is 72.9 Å². The largest absolute Gasteiger partial charge is 0.472 e. The van der Waals surface area contributed by atoms with E-state index in [0.29, 0.717) is 25.7 Å². The van der Waals surface area contributed by atoms with Crippen molar-refractivity contribution in [2.75, 3.05) is 13.2 Å². The number of aliphatic hydroxyl groups is 5. The van der Waals surface area contributed by atoms with Crippen molar-refractivity contribution in [2.45, 2.75) is 185 Å². The Balaban J connectivity index is 2.67.